The molecule has 6 rings (SSSR count). The van der Waals surface area contributed by atoms with Crippen LogP contribution >= 0.6 is 11.6 Å². The van der Waals surface area contributed by atoms with Crippen molar-refractivity contribution >= 4 is 34.3 Å². The summed E-state index contributed by atoms with van der Waals surface area (Å²) >= 11 is 6.00. The molecule has 0 saturated heterocycles. The summed E-state index contributed by atoms with van der Waals surface area (Å²) in [6, 6.07) is 10.6. The van der Waals surface area contributed by atoms with Gasteiger partial charge in [-0.25, -0.2) is 4.98 Å². The quantitative estimate of drug-likeness (QED) is 0.619. The van der Waals surface area contributed by atoms with E-state index in [1.807, 2.05) is 13.0 Å². The number of nitrogens with zero attached hydrogens (tertiary/aromatic N) is 2. The van der Waals surface area contributed by atoms with Crippen molar-refractivity contribution in [3.63, 3.8) is 0 Å². The van der Waals surface area contributed by atoms with Crippen LogP contribution in [0.5, 0.6) is 5.75 Å². The van der Waals surface area contributed by atoms with E-state index < -0.39 is 0 Å². The zero-order valence-corrected chi connectivity index (χ0v) is 17.7. The molecule has 2 N–H and O–H groups in total. The van der Waals surface area contributed by atoms with Crippen molar-refractivity contribution < 1.29 is 14.3 Å². The molecule has 2 aromatic heterocycles. The predicted molar refractivity (Wildman–Crippen MR) is 116 cm³/mol. The molecule has 0 unspecified atom stereocenters. The molecule has 7 nitrogen and oxygen atoms in total. The molecule has 1 aromatic carbocycles. The van der Waals surface area contributed by atoms with Gasteiger partial charge in [0, 0.05) is 33.9 Å². The SMILES string of the molecule is Cc1cc(OCC(=O)NC23CC(NC(=O)c4ccc5cnccc5n4)(C2)C3)ccc1Cl. The van der Waals surface area contributed by atoms with Gasteiger partial charge in [0.2, 0.25) is 0 Å². The number of amides is 2. The normalized spacial score (nSPS) is 23.4. The Labute approximate surface area is 184 Å². The van der Waals surface area contributed by atoms with Gasteiger partial charge in [-0.2, -0.15) is 0 Å². The molecule has 3 aliphatic carbocycles. The van der Waals surface area contributed by atoms with Gasteiger partial charge in [0.05, 0.1) is 5.52 Å². The molecule has 3 saturated carbocycles. The fourth-order valence-corrected chi connectivity index (χ4v) is 4.75. The first kappa shape index (κ1) is 19.8. The second-order valence-electron chi connectivity index (χ2n) is 8.56. The second kappa shape index (κ2) is 7.20. The molecular weight excluding hydrogens is 416 g/mol. The van der Waals surface area contributed by atoms with Crippen molar-refractivity contribution in [2.24, 2.45) is 0 Å². The van der Waals surface area contributed by atoms with Gasteiger partial charge in [-0.3, -0.25) is 14.6 Å². The average molecular weight is 437 g/mol. The van der Waals surface area contributed by atoms with E-state index in [1.165, 1.54) is 0 Å². The van der Waals surface area contributed by atoms with Crippen LogP contribution < -0.4 is 15.4 Å². The predicted octanol–water partition coefficient (Wildman–Crippen LogP) is 3.19. The molecule has 2 amide bonds. The van der Waals surface area contributed by atoms with Gasteiger partial charge >= 0.3 is 0 Å². The van der Waals surface area contributed by atoms with Gasteiger partial charge in [-0.15, -0.1) is 0 Å². The maximum atomic E-state index is 12.7. The standard InChI is InChI=1S/C23H21ClN4O3/c1-14-8-16(3-4-17(14)24)31-10-20(29)27-22-11-23(12-22,13-22)28-21(30)19-5-2-15-9-25-7-6-18(15)26-19/h2-9H,10-13H2,1H3,(H,27,29)(H,28,30). The number of benzene rings is 1. The van der Waals surface area contributed by atoms with Crippen LogP contribution in [0.4, 0.5) is 0 Å². The Morgan fingerprint density at radius 2 is 1.87 bits per heavy atom. The number of rotatable bonds is 6. The lowest BCUT2D eigenvalue weighted by atomic mass is 9.44. The van der Waals surface area contributed by atoms with E-state index in [0.717, 1.165) is 35.7 Å². The van der Waals surface area contributed by atoms with Crippen molar-refractivity contribution in [3.05, 3.63) is 65.1 Å². The van der Waals surface area contributed by atoms with E-state index in [2.05, 4.69) is 20.6 Å². The lowest BCUT2D eigenvalue weighted by Crippen LogP contribution is -2.84. The van der Waals surface area contributed by atoms with Crippen LogP contribution in [0.2, 0.25) is 5.02 Å². The Morgan fingerprint density at radius 1 is 1.10 bits per heavy atom. The molecule has 31 heavy (non-hydrogen) atoms. The third-order valence-electron chi connectivity index (χ3n) is 6.04. The molecule has 8 heteroatoms. The highest BCUT2D eigenvalue weighted by atomic mass is 35.5. The summed E-state index contributed by atoms with van der Waals surface area (Å²) in [4.78, 5) is 33.4. The largest absolute Gasteiger partial charge is 0.484 e. The highest BCUT2D eigenvalue weighted by Gasteiger charge is 2.69. The Hall–Kier alpha value is -3.19. The van der Waals surface area contributed by atoms with Crippen LogP contribution in [0, 0.1) is 6.92 Å². The van der Waals surface area contributed by atoms with Gasteiger partial charge < -0.3 is 15.4 Å². The maximum Gasteiger partial charge on any atom is 0.270 e. The van der Waals surface area contributed by atoms with Crippen LogP contribution in [0.15, 0.2) is 48.8 Å². The lowest BCUT2D eigenvalue weighted by molar-refractivity contribution is -0.141. The van der Waals surface area contributed by atoms with Crippen molar-refractivity contribution in [3.8, 4) is 5.75 Å². The molecule has 0 atom stereocenters. The molecule has 2 bridgehead atoms. The summed E-state index contributed by atoms with van der Waals surface area (Å²) in [6.07, 6.45) is 5.52. The average Bonchev–Trinajstić information content (AvgIpc) is 2.71. The minimum Gasteiger partial charge on any atom is -0.484 e. The molecule has 0 radical (unpaired) electrons. The van der Waals surface area contributed by atoms with E-state index in [0.29, 0.717) is 16.5 Å². The molecule has 3 aromatic rings. The molecule has 3 fully saturated rings. The van der Waals surface area contributed by atoms with Crippen LogP contribution in [0.1, 0.15) is 35.3 Å². The third kappa shape index (κ3) is 3.70. The minimum absolute atomic E-state index is 0.0575. The third-order valence-corrected chi connectivity index (χ3v) is 6.46. The topological polar surface area (TPSA) is 93.2 Å². The lowest BCUT2D eigenvalue weighted by Gasteiger charge is -2.70. The Morgan fingerprint density at radius 3 is 2.65 bits per heavy atom. The molecule has 158 valence electrons. The number of fused-ring (bicyclic) bond motifs is 1. The molecule has 3 aliphatic rings. The summed E-state index contributed by atoms with van der Waals surface area (Å²) in [6.45, 7) is 1.83. The molecule has 0 aliphatic heterocycles. The van der Waals surface area contributed by atoms with Gasteiger partial charge in [-0.1, -0.05) is 11.6 Å². The smallest absolute Gasteiger partial charge is 0.270 e. The van der Waals surface area contributed by atoms with E-state index in [-0.39, 0.29) is 29.5 Å². The number of hydrogen-bond donors (Lipinski definition) is 2. The second-order valence-corrected chi connectivity index (χ2v) is 8.97. The van der Waals surface area contributed by atoms with E-state index in [9.17, 15) is 9.59 Å². The number of ether oxygens (including phenoxy) is 1. The van der Waals surface area contributed by atoms with E-state index >= 15 is 0 Å². The summed E-state index contributed by atoms with van der Waals surface area (Å²) in [7, 11) is 0. The molecule has 2 heterocycles. The van der Waals surface area contributed by atoms with Crippen LogP contribution in [-0.4, -0.2) is 39.5 Å². The number of carbonyl (C=O) groups excluding carboxylic acids is 2. The number of aromatic nitrogens is 2. The van der Waals surface area contributed by atoms with Gasteiger partial charge in [0.25, 0.3) is 11.8 Å². The Balaban J connectivity index is 1.12. The van der Waals surface area contributed by atoms with E-state index in [1.54, 1.807) is 42.7 Å². The van der Waals surface area contributed by atoms with E-state index in [4.69, 9.17) is 16.3 Å². The number of aryl methyl sites for hydroxylation is 1. The first-order valence-corrected chi connectivity index (χ1v) is 10.5. The van der Waals surface area contributed by atoms with Crippen molar-refractivity contribution in [2.75, 3.05) is 6.61 Å². The first-order chi connectivity index (χ1) is 14.9. The number of halogens is 1. The van der Waals surface area contributed by atoms with Crippen molar-refractivity contribution in [1.82, 2.24) is 20.6 Å². The van der Waals surface area contributed by atoms with Crippen molar-refractivity contribution in [2.45, 2.75) is 37.3 Å². The summed E-state index contributed by atoms with van der Waals surface area (Å²) in [5.41, 5.74) is 1.52. The zero-order chi connectivity index (χ0) is 21.6. The Kier molecular flexibility index (Phi) is 4.59. The number of carbonyl (C=O) groups is 2. The van der Waals surface area contributed by atoms with Gasteiger partial charge in [0.15, 0.2) is 6.61 Å². The van der Waals surface area contributed by atoms with Crippen LogP contribution in [0.3, 0.4) is 0 Å². The first-order valence-electron chi connectivity index (χ1n) is 10.1. The fraction of sp³-hybridized carbons (Fsp3) is 0.304. The summed E-state index contributed by atoms with van der Waals surface area (Å²) in [5.74, 6) is 0.244. The highest BCUT2D eigenvalue weighted by Crippen LogP contribution is 2.60. The van der Waals surface area contributed by atoms with Gasteiger partial charge in [-0.05, 0) is 68.1 Å². The van der Waals surface area contributed by atoms with Gasteiger partial charge in [0.1, 0.15) is 11.4 Å². The number of pyridine rings is 2. The van der Waals surface area contributed by atoms with Crippen LogP contribution in [0.25, 0.3) is 10.9 Å². The summed E-state index contributed by atoms with van der Waals surface area (Å²) < 4.78 is 5.56. The van der Waals surface area contributed by atoms with Crippen molar-refractivity contribution in [1.29, 1.82) is 0 Å². The molecule has 0 spiro atoms. The number of hydrogen-bond acceptors (Lipinski definition) is 5. The summed E-state index contributed by atoms with van der Waals surface area (Å²) in [5, 5.41) is 7.70. The fourth-order valence-electron chi connectivity index (χ4n) is 4.64. The monoisotopic (exact) mass is 436 g/mol. The minimum atomic E-state index is -0.257. The highest BCUT2D eigenvalue weighted by molar-refractivity contribution is 6.31. The Bertz CT molecular complexity index is 1190. The maximum absolute atomic E-state index is 12.7. The number of nitrogens with one attached hydrogen (secondary N) is 2. The molecular formula is C23H21ClN4O3. The zero-order valence-electron chi connectivity index (χ0n) is 16.9. The van der Waals surface area contributed by atoms with Crippen LogP contribution in [-0.2, 0) is 4.79 Å².